The Morgan fingerprint density at radius 3 is 2.62 bits per heavy atom. The van der Waals surface area contributed by atoms with Crippen molar-refractivity contribution >= 4 is 23.2 Å². The highest BCUT2D eigenvalue weighted by atomic mass is 35.5. The maximum absolute atomic E-state index is 13.4. The quantitative estimate of drug-likeness (QED) is 0.688. The summed E-state index contributed by atoms with van der Waals surface area (Å²) in [5.74, 6) is -0.793. The van der Waals surface area contributed by atoms with Gasteiger partial charge in [0.15, 0.2) is 5.82 Å². The average molecular weight is 376 g/mol. The van der Waals surface area contributed by atoms with Crippen LogP contribution in [-0.4, -0.2) is 22.6 Å². The summed E-state index contributed by atoms with van der Waals surface area (Å²) in [5, 5.41) is 4.20. The number of hydrogen-bond acceptors (Lipinski definition) is 4. The maximum atomic E-state index is 13.4. The second-order valence-electron chi connectivity index (χ2n) is 5.96. The van der Waals surface area contributed by atoms with Crippen molar-refractivity contribution < 1.29 is 18.1 Å². The van der Waals surface area contributed by atoms with E-state index in [4.69, 9.17) is 16.1 Å². The first-order chi connectivity index (χ1) is 12.5. The lowest BCUT2D eigenvalue weighted by atomic mass is 10.1. The molecule has 0 radical (unpaired) electrons. The fourth-order valence-corrected chi connectivity index (χ4v) is 3.12. The first-order valence-corrected chi connectivity index (χ1v) is 8.24. The summed E-state index contributed by atoms with van der Waals surface area (Å²) in [4.78, 5) is 18.1. The molecule has 1 fully saturated rings. The molecule has 0 N–H and O–H groups in total. The second kappa shape index (κ2) is 6.49. The zero-order valence-corrected chi connectivity index (χ0v) is 14.1. The minimum absolute atomic E-state index is 0.0946. The molecule has 3 aromatic rings. The van der Waals surface area contributed by atoms with Gasteiger partial charge in [-0.2, -0.15) is 4.98 Å². The van der Waals surface area contributed by atoms with Crippen LogP contribution in [0.5, 0.6) is 0 Å². The van der Waals surface area contributed by atoms with Crippen molar-refractivity contribution in [1.82, 2.24) is 10.1 Å². The van der Waals surface area contributed by atoms with Crippen LogP contribution in [0.15, 0.2) is 47.0 Å². The maximum Gasteiger partial charge on any atom is 0.259 e. The minimum Gasteiger partial charge on any atom is -0.334 e. The molecule has 8 heteroatoms. The molecule has 5 nitrogen and oxygen atoms in total. The monoisotopic (exact) mass is 375 g/mol. The van der Waals surface area contributed by atoms with Crippen LogP contribution < -0.4 is 4.90 Å². The van der Waals surface area contributed by atoms with Gasteiger partial charge < -0.3 is 9.42 Å². The summed E-state index contributed by atoms with van der Waals surface area (Å²) in [6.07, 6.45) is 0.202. The lowest BCUT2D eigenvalue weighted by molar-refractivity contribution is -0.117. The Balaban J connectivity index is 1.58. The van der Waals surface area contributed by atoms with Crippen LogP contribution in [0.2, 0.25) is 5.02 Å². The number of benzene rings is 2. The van der Waals surface area contributed by atoms with Gasteiger partial charge in [0.2, 0.25) is 5.91 Å². The highest BCUT2D eigenvalue weighted by Gasteiger charge is 2.34. The van der Waals surface area contributed by atoms with Crippen molar-refractivity contribution in [2.45, 2.75) is 12.3 Å². The van der Waals surface area contributed by atoms with E-state index in [9.17, 15) is 13.6 Å². The van der Waals surface area contributed by atoms with Gasteiger partial charge in [-0.05, 0) is 42.5 Å². The number of carbonyl (C=O) groups excluding carboxylic acids is 1. The topological polar surface area (TPSA) is 59.2 Å². The fourth-order valence-electron chi connectivity index (χ4n) is 2.92. The van der Waals surface area contributed by atoms with Gasteiger partial charge in [0.1, 0.15) is 11.6 Å². The first kappa shape index (κ1) is 16.7. The molecule has 1 aromatic heterocycles. The normalized spacial score (nSPS) is 17.1. The molecule has 132 valence electrons. The zero-order chi connectivity index (χ0) is 18.3. The minimum atomic E-state index is -0.470. The molecular weight excluding hydrogens is 364 g/mol. The van der Waals surface area contributed by atoms with E-state index in [2.05, 4.69) is 10.1 Å². The summed E-state index contributed by atoms with van der Waals surface area (Å²) in [6, 6.07) is 9.55. The van der Waals surface area contributed by atoms with Gasteiger partial charge in [-0.3, -0.25) is 4.79 Å². The van der Waals surface area contributed by atoms with Crippen LogP contribution in [0.25, 0.3) is 11.5 Å². The van der Waals surface area contributed by atoms with Crippen LogP contribution in [0.3, 0.4) is 0 Å². The van der Waals surface area contributed by atoms with Crippen molar-refractivity contribution in [3.8, 4) is 11.5 Å². The molecule has 1 aliphatic heterocycles. The summed E-state index contributed by atoms with van der Waals surface area (Å²) in [5.41, 5.74) is 0.904. The predicted octanol–water partition coefficient (Wildman–Crippen LogP) is 4.19. The van der Waals surface area contributed by atoms with Crippen LogP contribution in [0, 0.1) is 11.6 Å². The Morgan fingerprint density at radius 2 is 1.85 bits per heavy atom. The van der Waals surface area contributed by atoms with Crippen LogP contribution >= 0.6 is 11.6 Å². The number of carbonyl (C=O) groups is 1. The Morgan fingerprint density at radius 1 is 1.12 bits per heavy atom. The highest BCUT2D eigenvalue weighted by molar-refractivity contribution is 6.33. The molecule has 0 bridgehead atoms. The summed E-state index contributed by atoms with van der Waals surface area (Å²) < 4.78 is 31.7. The van der Waals surface area contributed by atoms with Gasteiger partial charge in [0, 0.05) is 24.6 Å². The fraction of sp³-hybridized carbons (Fsp3) is 0.167. The van der Waals surface area contributed by atoms with Crippen molar-refractivity contribution in [2.24, 2.45) is 0 Å². The van der Waals surface area contributed by atoms with E-state index in [0.717, 1.165) is 0 Å². The van der Waals surface area contributed by atoms with Crippen LogP contribution in [-0.2, 0) is 4.79 Å². The van der Waals surface area contributed by atoms with Gasteiger partial charge in [-0.15, -0.1) is 0 Å². The first-order valence-electron chi connectivity index (χ1n) is 7.86. The molecule has 4 rings (SSSR count). The molecule has 0 spiro atoms. The van der Waals surface area contributed by atoms with E-state index in [-0.39, 0.29) is 35.0 Å². The standard InChI is InChI=1S/C18H12ClF2N3O2/c19-15-6-3-12(21)8-14(15)18-22-17(23-26-18)10-7-16(25)24(9-10)13-4-1-11(20)2-5-13/h1-6,8,10H,7,9H2. The number of aromatic nitrogens is 2. The molecule has 1 amide bonds. The van der Waals surface area contributed by atoms with Gasteiger partial charge in [0.25, 0.3) is 5.89 Å². The molecule has 2 heterocycles. The van der Waals surface area contributed by atoms with E-state index < -0.39 is 5.82 Å². The van der Waals surface area contributed by atoms with Gasteiger partial charge in [-0.25, -0.2) is 8.78 Å². The molecule has 26 heavy (non-hydrogen) atoms. The van der Waals surface area contributed by atoms with E-state index in [0.29, 0.717) is 23.6 Å². The van der Waals surface area contributed by atoms with Crippen molar-refractivity contribution in [1.29, 1.82) is 0 Å². The number of halogens is 3. The van der Waals surface area contributed by atoms with E-state index in [1.54, 1.807) is 17.0 Å². The summed E-state index contributed by atoms with van der Waals surface area (Å²) in [6.45, 7) is 0.348. The average Bonchev–Trinajstić information content (AvgIpc) is 3.25. The Hall–Kier alpha value is -2.80. The van der Waals surface area contributed by atoms with Crippen molar-refractivity contribution in [3.63, 3.8) is 0 Å². The SMILES string of the molecule is O=C1CC(c2noc(-c3cc(F)ccc3Cl)n2)CN1c1ccc(F)cc1. The molecular formula is C18H12ClF2N3O2. The number of amides is 1. The molecule has 1 unspecified atom stereocenters. The zero-order valence-electron chi connectivity index (χ0n) is 13.3. The molecule has 1 aliphatic rings. The van der Waals surface area contributed by atoms with E-state index >= 15 is 0 Å². The van der Waals surface area contributed by atoms with E-state index in [1.165, 1.54) is 30.3 Å². The molecule has 2 aromatic carbocycles. The van der Waals surface area contributed by atoms with Gasteiger partial charge in [-0.1, -0.05) is 16.8 Å². The third-order valence-corrected chi connectivity index (χ3v) is 4.56. The molecule has 1 atom stereocenters. The third kappa shape index (κ3) is 3.06. The molecule has 0 saturated carbocycles. The number of nitrogens with zero attached hydrogens (tertiary/aromatic N) is 3. The van der Waals surface area contributed by atoms with Crippen molar-refractivity contribution in [3.05, 3.63) is 64.9 Å². The number of anilines is 1. The predicted molar refractivity (Wildman–Crippen MR) is 90.8 cm³/mol. The largest absolute Gasteiger partial charge is 0.334 e. The van der Waals surface area contributed by atoms with E-state index in [1.807, 2.05) is 0 Å². The summed E-state index contributed by atoms with van der Waals surface area (Å²) in [7, 11) is 0. The van der Waals surface area contributed by atoms with Crippen LogP contribution in [0.4, 0.5) is 14.5 Å². The lowest BCUT2D eigenvalue weighted by Crippen LogP contribution is -2.24. The number of rotatable bonds is 3. The molecule has 0 aliphatic carbocycles. The Bertz CT molecular complexity index is 975. The Labute approximate surface area is 152 Å². The smallest absolute Gasteiger partial charge is 0.259 e. The van der Waals surface area contributed by atoms with Gasteiger partial charge >= 0.3 is 0 Å². The molecule has 1 saturated heterocycles. The Kier molecular flexibility index (Phi) is 4.16. The van der Waals surface area contributed by atoms with Crippen molar-refractivity contribution in [2.75, 3.05) is 11.4 Å². The van der Waals surface area contributed by atoms with Crippen LogP contribution in [0.1, 0.15) is 18.2 Å². The number of hydrogen-bond donors (Lipinski definition) is 0. The second-order valence-corrected chi connectivity index (χ2v) is 6.37. The summed E-state index contributed by atoms with van der Waals surface area (Å²) >= 11 is 6.05. The van der Waals surface area contributed by atoms with Gasteiger partial charge in [0.05, 0.1) is 10.6 Å². The lowest BCUT2D eigenvalue weighted by Gasteiger charge is -2.15. The third-order valence-electron chi connectivity index (χ3n) is 4.23. The highest BCUT2D eigenvalue weighted by Crippen LogP contribution is 2.33.